The van der Waals surface area contributed by atoms with E-state index < -0.39 is 0 Å². The third-order valence-electron chi connectivity index (χ3n) is 5.28. The molecule has 0 aliphatic heterocycles. The smallest absolute Gasteiger partial charge is 0.163 e. The molecule has 3 aromatic carbocycles. The van der Waals surface area contributed by atoms with Crippen molar-refractivity contribution in [2.45, 2.75) is 40.0 Å². The lowest BCUT2D eigenvalue weighted by Gasteiger charge is -2.11. The number of aryl methyl sites for hydroxylation is 2. The van der Waals surface area contributed by atoms with Crippen LogP contribution in [0, 0.1) is 6.92 Å². The quantitative estimate of drug-likeness (QED) is 0.407. The first-order valence-corrected chi connectivity index (χ1v) is 10.1. The van der Waals surface area contributed by atoms with Crippen LogP contribution in [0.2, 0.25) is 0 Å². The molecule has 0 aromatic heterocycles. The van der Waals surface area contributed by atoms with E-state index in [1.54, 1.807) is 0 Å². The maximum Gasteiger partial charge on any atom is 0.163 e. The third kappa shape index (κ3) is 4.67. The maximum atomic E-state index is 12.5. The van der Waals surface area contributed by atoms with Crippen molar-refractivity contribution < 1.29 is 4.79 Å². The molecular formula is C27H28O. The van der Waals surface area contributed by atoms with Crippen molar-refractivity contribution >= 4 is 11.9 Å². The SMILES string of the molecule is C/C=C\c1cccc(-c2cccc(CCC(=O)c3ccc(CC)cc3)c2)c1C. The molecule has 0 N–H and O–H groups in total. The zero-order valence-electron chi connectivity index (χ0n) is 17.0. The Morgan fingerprint density at radius 2 is 1.68 bits per heavy atom. The highest BCUT2D eigenvalue weighted by atomic mass is 16.1. The van der Waals surface area contributed by atoms with E-state index in [2.05, 4.69) is 68.5 Å². The molecular weight excluding hydrogens is 340 g/mol. The fourth-order valence-corrected chi connectivity index (χ4v) is 3.55. The highest BCUT2D eigenvalue weighted by molar-refractivity contribution is 5.96. The molecule has 3 aromatic rings. The fraction of sp³-hybridized carbons (Fsp3) is 0.222. The molecule has 3 rings (SSSR count). The van der Waals surface area contributed by atoms with E-state index in [1.165, 1.54) is 33.4 Å². The lowest BCUT2D eigenvalue weighted by Crippen LogP contribution is -2.01. The topological polar surface area (TPSA) is 17.1 Å². The van der Waals surface area contributed by atoms with Gasteiger partial charge in [0.1, 0.15) is 0 Å². The van der Waals surface area contributed by atoms with Crippen molar-refractivity contribution in [3.8, 4) is 11.1 Å². The first-order chi connectivity index (χ1) is 13.6. The molecule has 0 fully saturated rings. The minimum atomic E-state index is 0.208. The van der Waals surface area contributed by atoms with Crippen LogP contribution in [0.5, 0.6) is 0 Å². The zero-order valence-corrected chi connectivity index (χ0v) is 17.0. The van der Waals surface area contributed by atoms with Gasteiger partial charge in [-0.2, -0.15) is 0 Å². The summed E-state index contributed by atoms with van der Waals surface area (Å²) in [5.74, 6) is 0.208. The van der Waals surface area contributed by atoms with Gasteiger partial charge >= 0.3 is 0 Å². The number of carbonyl (C=O) groups is 1. The van der Waals surface area contributed by atoms with E-state index in [-0.39, 0.29) is 5.78 Å². The first-order valence-electron chi connectivity index (χ1n) is 10.1. The van der Waals surface area contributed by atoms with Crippen molar-refractivity contribution in [1.82, 2.24) is 0 Å². The number of carbonyl (C=O) groups excluding carboxylic acids is 1. The van der Waals surface area contributed by atoms with Crippen LogP contribution in [0.1, 0.15) is 52.9 Å². The van der Waals surface area contributed by atoms with E-state index in [0.29, 0.717) is 6.42 Å². The summed E-state index contributed by atoms with van der Waals surface area (Å²) in [6.45, 7) is 6.33. The second kappa shape index (κ2) is 9.32. The molecule has 28 heavy (non-hydrogen) atoms. The third-order valence-corrected chi connectivity index (χ3v) is 5.28. The normalized spacial score (nSPS) is 11.1. The highest BCUT2D eigenvalue weighted by Crippen LogP contribution is 2.27. The van der Waals surface area contributed by atoms with Gasteiger partial charge < -0.3 is 0 Å². The minimum absolute atomic E-state index is 0.208. The Balaban J connectivity index is 1.75. The van der Waals surface area contributed by atoms with Crippen LogP contribution in [-0.2, 0) is 12.8 Å². The number of benzene rings is 3. The monoisotopic (exact) mass is 368 g/mol. The van der Waals surface area contributed by atoms with Crippen LogP contribution in [0.25, 0.3) is 17.2 Å². The molecule has 0 unspecified atom stereocenters. The largest absolute Gasteiger partial charge is 0.294 e. The standard InChI is InChI=1S/C27H28O/c1-4-8-23-10-7-12-26(20(23)3)25-11-6-9-22(19-25)15-18-27(28)24-16-13-21(5-2)14-17-24/h4,6-14,16-17,19H,5,15,18H2,1-3H3/b8-4-. The van der Waals surface area contributed by atoms with E-state index in [9.17, 15) is 4.79 Å². The van der Waals surface area contributed by atoms with Crippen LogP contribution in [-0.4, -0.2) is 5.78 Å². The Morgan fingerprint density at radius 3 is 2.39 bits per heavy atom. The van der Waals surface area contributed by atoms with Gasteiger partial charge in [0, 0.05) is 12.0 Å². The van der Waals surface area contributed by atoms with Gasteiger partial charge in [-0.1, -0.05) is 85.8 Å². The summed E-state index contributed by atoms with van der Waals surface area (Å²) in [5.41, 5.74) is 8.26. The van der Waals surface area contributed by atoms with Crippen LogP contribution in [0.15, 0.2) is 72.8 Å². The number of allylic oxidation sites excluding steroid dienone is 1. The molecule has 0 spiro atoms. The van der Waals surface area contributed by atoms with Gasteiger partial charge in [0.2, 0.25) is 0 Å². The molecule has 142 valence electrons. The molecule has 0 bridgehead atoms. The van der Waals surface area contributed by atoms with Gasteiger partial charge in [0.25, 0.3) is 0 Å². The average molecular weight is 369 g/mol. The van der Waals surface area contributed by atoms with Crippen molar-refractivity contribution in [1.29, 1.82) is 0 Å². The summed E-state index contributed by atoms with van der Waals surface area (Å²) in [7, 11) is 0. The Labute approximate surface area is 168 Å². The van der Waals surface area contributed by atoms with Gasteiger partial charge in [-0.05, 0) is 60.1 Å². The van der Waals surface area contributed by atoms with Crippen molar-refractivity contribution in [2.24, 2.45) is 0 Å². The number of Topliss-reactive ketones (excluding diaryl/α,β-unsaturated/α-hetero) is 1. The predicted octanol–water partition coefficient (Wildman–Crippen LogP) is 7.07. The molecule has 0 saturated carbocycles. The molecule has 0 amide bonds. The van der Waals surface area contributed by atoms with Crippen LogP contribution < -0.4 is 0 Å². The Bertz CT molecular complexity index is 977. The second-order valence-corrected chi connectivity index (χ2v) is 7.19. The van der Waals surface area contributed by atoms with Crippen molar-refractivity contribution in [3.63, 3.8) is 0 Å². The van der Waals surface area contributed by atoms with Crippen molar-refractivity contribution in [2.75, 3.05) is 0 Å². The molecule has 0 radical (unpaired) electrons. The van der Waals surface area contributed by atoms with Gasteiger partial charge in [0.15, 0.2) is 5.78 Å². The number of hydrogen-bond donors (Lipinski definition) is 0. The van der Waals surface area contributed by atoms with Gasteiger partial charge in [-0.25, -0.2) is 0 Å². The second-order valence-electron chi connectivity index (χ2n) is 7.19. The molecule has 1 nitrogen and oxygen atoms in total. The zero-order chi connectivity index (χ0) is 19.9. The number of rotatable bonds is 7. The summed E-state index contributed by atoms with van der Waals surface area (Å²) < 4.78 is 0. The summed E-state index contributed by atoms with van der Waals surface area (Å²) in [5, 5.41) is 0. The number of hydrogen-bond acceptors (Lipinski definition) is 1. The predicted molar refractivity (Wildman–Crippen MR) is 120 cm³/mol. The van der Waals surface area contributed by atoms with Gasteiger partial charge in [-0.15, -0.1) is 0 Å². The van der Waals surface area contributed by atoms with Crippen LogP contribution >= 0.6 is 0 Å². The highest BCUT2D eigenvalue weighted by Gasteiger charge is 2.08. The van der Waals surface area contributed by atoms with Crippen molar-refractivity contribution in [3.05, 3.63) is 101 Å². The Hall–Kier alpha value is -2.93. The summed E-state index contributed by atoms with van der Waals surface area (Å²) in [4.78, 5) is 12.5. The molecule has 0 heterocycles. The summed E-state index contributed by atoms with van der Waals surface area (Å²) in [6, 6.07) is 23.0. The summed E-state index contributed by atoms with van der Waals surface area (Å²) >= 11 is 0. The lowest BCUT2D eigenvalue weighted by atomic mass is 9.94. The van der Waals surface area contributed by atoms with Gasteiger partial charge in [-0.3, -0.25) is 4.79 Å². The summed E-state index contributed by atoms with van der Waals surface area (Å²) in [6.07, 6.45) is 6.50. The van der Waals surface area contributed by atoms with E-state index in [1.807, 2.05) is 31.2 Å². The van der Waals surface area contributed by atoms with Crippen LogP contribution in [0.4, 0.5) is 0 Å². The lowest BCUT2D eigenvalue weighted by molar-refractivity contribution is 0.0983. The van der Waals surface area contributed by atoms with Crippen LogP contribution in [0.3, 0.4) is 0 Å². The van der Waals surface area contributed by atoms with Gasteiger partial charge in [0.05, 0.1) is 0 Å². The fourth-order valence-electron chi connectivity index (χ4n) is 3.55. The molecule has 0 aliphatic carbocycles. The first kappa shape index (κ1) is 19.8. The molecule has 0 aliphatic rings. The molecule has 0 atom stereocenters. The van der Waals surface area contributed by atoms with E-state index >= 15 is 0 Å². The Kier molecular flexibility index (Phi) is 6.60. The van der Waals surface area contributed by atoms with E-state index in [4.69, 9.17) is 0 Å². The average Bonchev–Trinajstić information content (AvgIpc) is 2.74. The Morgan fingerprint density at radius 1 is 0.929 bits per heavy atom. The van der Waals surface area contributed by atoms with E-state index in [0.717, 1.165) is 18.4 Å². The maximum absolute atomic E-state index is 12.5. The molecule has 1 heteroatoms. The molecule has 0 saturated heterocycles. The number of ketones is 1. The minimum Gasteiger partial charge on any atom is -0.294 e.